The highest BCUT2D eigenvalue weighted by atomic mass is 16.6. The standard InChI is InChI=1S/C11H22N2O4/c1-11(2,3)17-10(15)13-4-5-16-9(6-13)8(12)7-14/h8-9,14H,4-7,12H2,1-3H3/t8-,9?/m0/s1. The van der Waals surface area contributed by atoms with E-state index >= 15 is 0 Å². The Morgan fingerprint density at radius 1 is 1.65 bits per heavy atom. The Labute approximate surface area is 102 Å². The van der Waals surface area contributed by atoms with Crippen LogP contribution in [0.2, 0.25) is 0 Å². The van der Waals surface area contributed by atoms with Crippen LogP contribution in [0.4, 0.5) is 4.79 Å². The van der Waals surface area contributed by atoms with E-state index in [4.69, 9.17) is 20.3 Å². The SMILES string of the molecule is CC(C)(C)OC(=O)N1CCOC([C@@H](N)CO)C1. The van der Waals surface area contributed by atoms with E-state index in [-0.39, 0.29) is 18.8 Å². The molecule has 1 unspecified atom stereocenters. The lowest BCUT2D eigenvalue weighted by atomic mass is 10.1. The molecule has 0 aliphatic carbocycles. The molecule has 0 aromatic carbocycles. The van der Waals surface area contributed by atoms with Crippen molar-refractivity contribution in [3.63, 3.8) is 0 Å². The summed E-state index contributed by atoms with van der Waals surface area (Å²) >= 11 is 0. The predicted molar refractivity (Wildman–Crippen MR) is 62.6 cm³/mol. The van der Waals surface area contributed by atoms with Crippen molar-refractivity contribution >= 4 is 6.09 Å². The summed E-state index contributed by atoms with van der Waals surface area (Å²) in [7, 11) is 0. The fraction of sp³-hybridized carbons (Fsp3) is 0.909. The van der Waals surface area contributed by atoms with Gasteiger partial charge in [-0.05, 0) is 20.8 Å². The summed E-state index contributed by atoms with van der Waals surface area (Å²) < 4.78 is 10.7. The molecule has 6 nitrogen and oxygen atoms in total. The maximum Gasteiger partial charge on any atom is 0.410 e. The van der Waals surface area contributed by atoms with Gasteiger partial charge in [0.25, 0.3) is 0 Å². The van der Waals surface area contributed by atoms with Crippen molar-refractivity contribution in [2.75, 3.05) is 26.3 Å². The molecule has 1 heterocycles. The van der Waals surface area contributed by atoms with Crippen molar-refractivity contribution in [3.8, 4) is 0 Å². The molecule has 1 rings (SSSR count). The Balaban J connectivity index is 2.52. The van der Waals surface area contributed by atoms with Crippen LogP contribution in [0.1, 0.15) is 20.8 Å². The average Bonchev–Trinajstić information content (AvgIpc) is 2.26. The number of hydrogen-bond donors (Lipinski definition) is 2. The van der Waals surface area contributed by atoms with Gasteiger partial charge in [0.05, 0.1) is 31.9 Å². The number of carbonyl (C=O) groups is 1. The van der Waals surface area contributed by atoms with E-state index < -0.39 is 11.6 Å². The molecule has 1 amide bonds. The lowest BCUT2D eigenvalue weighted by Crippen LogP contribution is -2.54. The minimum absolute atomic E-state index is 0.160. The van der Waals surface area contributed by atoms with Crippen molar-refractivity contribution in [3.05, 3.63) is 0 Å². The number of hydrogen-bond acceptors (Lipinski definition) is 5. The number of ether oxygens (including phenoxy) is 2. The van der Waals surface area contributed by atoms with E-state index in [1.807, 2.05) is 20.8 Å². The highest BCUT2D eigenvalue weighted by Crippen LogP contribution is 2.13. The topological polar surface area (TPSA) is 85.0 Å². The molecule has 0 bridgehead atoms. The van der Waals surface area contributed by atoms with Gasteiger partial charge in [-0.15, -0.1) is 0 Å². The average molecular weight is 246 g/mol. The van der Waals surface area contributed by atoms with Gasteiger partial charge >= 0.3 is 6.09 Å². The van der Waals surface area contributed by atoms with Crippen LogP contribution >= 0.6 is 0 Å². The summed E-state index contributed by atoms with van der Waals surface area (Å²) in [5.41, 5.74) is 5.17. The van der Waals surface area contributed by atoms with Crippen LogP contribution < -0.4 is 5.73 Å². The van der Waals surface area contributed by atoms with Crippen LogP contribution in [0.25, 0.3) is 0 Å². The van der Waals surface area contributed by atoms with Crippen LogP contribution in [0, 0.1) is 0 Å². The molecule has 3 N–H and O–H groups in total. The number of nitrogens with two attached hydrogens (primary N) is 1. The van der Waals surface area contributed by atoms with Crippen molar-refractivity contribution in [1.29, 1.82) is 0 Å². The first-order valence-electron chi connectivity index (χ1n) is 5.79. The summed E-state index contributed by atoms with van der Waals surface area (Å²) in [5.74, 6) is 0. The third-order valence-electron chi connectivity index (χ3n) is 2.43. The first-order valence-corrected chi connectivity index (χ1v) is 5.79. The van der Waals surface area contributed by atoms with Gasteiger partial charge in [-0.1, -0.05) is 0 Å². The first-order chi connectivity index (χ1) is 7.83. The Hall–Kier alpha value is -0.850. The first kappa shape index (κ1) is 14.2. The van der Waals surface area contributed by atoms with Gasteiger partial charge in [-0.25, -0.2) is 4.79 Å². The minimum atomic E-state index is -0.510. The molecule has 100 valence electrons. The summed E-state index contributed by atoms with van der Waals surface area (Å²) in [6.45, 7) is 6.57. The molecule has 2 atom stereocenters. The number of amides is 1. The zero-order valence-corrected chi connectivity index (χ0v) is 10.7. The number of rotatable bonds is 2. The monoisotopic (exact) mass is 246 g/mol. The lowest BCUT2D eigenvalue weighted by molar-refractivity contribution is -0.0557. The van der Waals surface area contributed by atoms with E-state index in [0.717, 1.165) is 0 Å². The predicted octanol–water partition coefficient (Wildman–Crippen LogP) is -0.0581. The minimum Gasteiger partial charge on any atom is -0.444 e. The molecule has 0 aromatic heterocycles. The number of aliphatic hydroxyl groups is 1. The molecule has 0 radical (unpaired) electrons. The number of morpholine rings is 1. The second kappa shape index (κ2) is 5.66. The van der Waals surface area contributed by atoms with Gasteiger partial charge in [0, 0.05) is 6.54 Å². The van der Waals surface area contributed by atoms with Gasteiger partial charge in [0.1, 0.15) is 5.60 Å². The highest BCUT2D eigenvalue weighted by molar-refractivity contribution is 5.68. The van der Waals surface area contributed by atoms with Gasteiger partial charge in [0.15, 0.2) is 0 Å². The van der Waals surface area contributed by atoms with Crippen molar-refractivity contribution in [1.82, 2.24) is 4.90 Å². The zero-order chi connectivity index (χ0) is 13.1. The second-order valence-corrected chi connectivity index (χ2v) is 5.18. The molecule has 6 heteroatoms. The molecule has 1 saturated heterocycles. The summed E-state index contributed by atoms with van der Waals surface area (Å²) in [6, 6.07) is -0.472. The van der Waals surface area contributed by atoms with Crippen LogP contribution in [-0.2, 0) is 9.47 Å². The number of aliphatic hydroxyl groups excluding tert-OH is 1. The van der Waals surface area contributed by atoms with Gasteiger partial charge in [0.2, 0.25) is 0 Å². The summed E-state index contributed by atoms with van der Waals surface area (Å²) in [6.07, 6.45) is -0.697. The van der Waals surface area contributed by atoms with Crippen LogP contribution in [-0.4, -0.2) is 60.1 Å². The maximum atomic E-state index is 11.8. The fourth-order valence-electron chi connectivity index (χ4n) is 1.54. The number of carbonyl (C=O) groups excluding carboxylic acids is 1. The maximum absolute atomic E-state index is 11.8. The molecule has 17 heavy (non-hydrogen) atoms. The van der Waals surface area contributed by atoms with E-state index in [0.29, 0.717) is 19.7 Å². The van der Waals surface area contributed by atoms with Crippen LogP contribution in [0.3, 0.4) is 0 Å². The Morgan fingerprint density at radius 2 is 2.29 bits per heavy atom. The van der Waals surface area contributed by atoms with Crippen molar-refractivity contribution in [2.45, 2.75) is 38.5 Å². The Morgan fingerprint density at radius 3 is 2.82 bits per heavy atom. The molecule has 1 fully saturated rings. The third kappa shape index (κ3) is 4.49. The van der Waals surface area contributed by atoms with E-state index in [9.17, 15) is 4.79 Å². The molecular formula is C11H22N2O4. The normalized spacial score (nSPS) is 23.4. The van der Waals surface area contributed by atoms with E-state index in [2.05, 4.69) is 0 Å². The van der Waals surface area contributed by atoms with Gasteiger partial charge in [-0.2, -0.15) is 0 Å². The quantitative estimate of drug-likeness (QED) is 0.713. The van der Waals surface area contributed by atoms with E-state index in [1.165, 1.54) is 0 Å². The lowest BCUT2D eigenvalue weighted by Gasteiger charge is -2.36. The summed E-state index contributed by atoms with van der Waals surface area (Å²) in [4.78, 5) is 13.4. The molecule has 0 spiro atoms. The van der Waals surface area contributed by atoms with Crippen molar-refractivity contribution < 1.29 is 19.4 Å². The Bertz CT molecular complexity index is 265. The third-order valence-corrected chi connectivity index (χ3v) is 2.43. The van der Waals surface area contributed by atoms with Crippen LogP contribution in [0.15, 0.2) is 0 Å². The molecule has 1 aliphatic heterocycles. The smallest absolute Gasteiger partial charge is 0.410 e. The molecular weight excluding hydrogens is 224 g/mol. The zero-order valence-electron chi connectivity index (χ0n) is 10.7. The fourth-order valence-corrected chi connectivity index (χ4v) is 1.54. The summed E-state index contributed by atoms with van der Waals surface area (Å²) in [5, 5.41) is 8.96. The van der Waals surface area contributed by atoms with Gasteiger partial charge in [-0.3, -0.25) is 0 Å². The van der Waals surface area contributed by atoms with Crippen LogP contribution in [0.5, 0.6) is 0 Å². The largest absolute Gasteiger partial charge is 0.444 e. The molecule has 0 saturated carbocycles. The highest BCUT2D eigenvalue weighted by Gasteiger charge is 2.30. The molecule has 0 aromatic rings. The molecule has 1 aliphatic rings. The second-order valence-electron chi connectivity index (χ2n) is 5.18. The van der Waals surface area contributed by atoms with Gasteiger partial charge < -0.3 is 25.2 Å². The van der Waals surface area contributed by atoms with E-state index in [1.54, 1.807) is 4.90 Å². The Kier molecular flexibility index (Phi) is 4.73. The van der Waals surface area contributed by atoms with Crippen molar-refractivity contribution in [2.24, 2.45) is 5.73 Å². The number of nitrogens with zero attached hydrogens (tertiary/aromatic N) is 1.